The monoisotopic (exact) mass is 377 g/mol. The van der Waals surface area contributed by atoms with Gasteiger partial charge in [-0.25, -0.2) is 0 Å². The number of hydrogen-bond donors (Lipinski definition) is 0. The van der Waals surface area contributed by atoms with Crippen molar-refractivity contribution in [3.8, 4) is 0 Å². The number of rotatable bonds is 12. The Kier molecular flexibility index (Phi) is 8.97. The van der Waals surface area contributed by atoms with Gasteiger partial charge in [-0.2, -0.15) is 4.91 Å². The van der Waals surface area contributed by atoms with Gasteiger partial charge in [0.2, 0.25) is 0 Å². The molecule has 0 aliphatic heterocycles. The largest absolute Gasteiger partial charge is 0.374 e. The fourth-order valence-electron chi connectivity index (χ4n) is 2.59. The van der Waals surface area contributed by atoms with Crippen molar-refractivity contribution in [1.29, 1.82) is 0 Å². The van der Waals surface area contributed by atoms with Crippen molar-refractivity contribution in [3.63, 3.8) is 0 Å². The molecule has 0 spiro atoms. The third-order valence-electron chi connectivity index (χ3n) is 4.05. The summed E-state index contributed by atoms with van der Waals surface area (Å²) in [6.45, 7) is 4.26. The number of aryl methyl sites for hydroxylation is 2. The van der Waals surface area contributed by atoms with Gasteiger partial charge in [-0.3, -0.25) is 0 Å². The summed E-state index contributed by atoms with van der Waals surface area (Å²) in [5.74, 6) is 2.31. The quantitative estimate of drug-likeness (QED) is 0.300. The molecule has 0 unspecified atom stereocenters. The van der Waals surface area contributed by atoms with Crippen LogP contribution in [-0.4, -0.2) is 36.2 Å². The van der Waals surface area contributed by atoms with Crippen molar-refractivity contribution >= 4 is 27.3 Å². The highest BCUT2D eigenvalue weighted by Crippen LogP contribution is 2.21. The topological polar surface area (TPSA) is 37.6 Å². The van der Waals surface area contributed by atoms with Crippen LogP contribution in [0.4, 0.5) is 5.69 Å². The number of benzene rings is 1. The van der Waals surface area contributed by atoms with Gasteiger partial charge in [0, 0.05) is 49.7 Å². The first kappa shape index (κ1) is 19.9. The lowest BCUT2D eigenvalue weighted by Crippen LogP contribution is -2.19. The molecule has 1 aromatic heterocycles. The Bertz CT molecular complexity index is 628. The number of anilines is 1. The minimum absolute atomic E-state index is 0.332. The molecule has 2 rings (SSSR count). The minimum Gasteiger partial charge on any atom is -0.374 e. The zero-order valence-electron chi connectivity index (χ0n) is 15.1. The summed E-state index contributed by atoms with van der Waals surface area (Å²) in [5, 5.41) is 2.91. The molecule has 0 amide bonds. The van der Waals surface area contributed by atoms with Crippen LogP contribution in [0.1, 0.15) is 18.1 Å². The summed E-state index contributed by atoms with van der Waals surface area (Å²) in [6.07, 6.45) is 6.18. The number of aromatic nitrogens is 1. The molecule has 0 fully saturated rings. The van der Waals surface area contributed by atoms with Crippen LogP contribution in [0.15, 0.2) is 47.9 Å². The van der Waals surface area contributed by atoms with Crippen LogP contribution in [-0.2, 0) is 19.4 Å². The van der Waals surface area contributed by atoms with E-state index in [1.165, 1.54) is 22.6 Å². The van der Waals surface area contributed by atoms with Crippen molar-refractivity contribution in [2.24, 2.45) is 5.18 Å². The van der Waals surface area contributed by atoms with Crippen molar-refractivity contribution in [2.75, 3.05) is 36.5 Å². The average Bonchev–Trinajstić information content (AvgIpc) is 3.10. The Labute approximate surface area is 158 Å². The van der Waals surface area contributed by atoms with Gasteiger partial charge in [-0.05, 0) is 42.2 Å². The van der Waals surface area contributed by atoms with Crippen molar-refractivity contribution in [1.82, 2.24) is 4.57 Å². The molecular formula is C19H27N3OS2. The van der Waals surface area contributed by atoms with Gasteiger partial charge < -0.3 is 9.47 Å². The second-order valence-corrected chi connectivity index (χ2v) is 8.80. The molecule has 1 aromatic carbocycles. The molecule has 0 N–H and O–H groups in total. The Balaban J connectivity index is 1.77. The lowest BCUT2D eigenvalue weighted by Gasteiger charge is -2.19. The Morgan fingerprint density at radius 1 is 1.08 bits per heavy atom. The summed E-state index contributed by atoms with van der Waals surface area (Å²) in [6, 6.07) is 11.0. The zero-order chi connectivity index (χ0) is 17.9. The molecule has 0 saturated heterocycles. The molecule has 0 bridgehead atoms. The molecule has 6 heteroatoms. The second kappa shape index (κ2) is 11.3. The van der Waals surface area contributed by atoms with Crippen LogP contribution in [0.2, 0.25) is 0 Å². The molecule has 25 heavy (non-hydrogen) atoms. The van der Waals surface area contributed by atoms with E-state index in [9.17, 15) is 4.91 Å². The first-order valence-electron chi connectivity index (χ1n) is 8.71. The van der Waals surface area contributed by atoms with Gasteiger partial charge in [0.25, 0.3) is 0 Å². The normalized spacial score (nSPS) is 10.8. The van der Waals surface area contributed by atoms with Crippen LogP contribution in [0.25, 0.3) is 0 Å². The van der Waals surface area contributed by atoms with Crippen LogP contribution in [0.5, 0.6) is 0 Å². The van der Waals surface area contributed by atoms with Gasteiger partial charge in [0.1, 0.15) is 0 Å². The lowest BCUT2D eigenvalue weighted by molar-refractivity contribution is 0.709. The smallest absolute Gasteiger partial charge is 0.0989 e. The molecule has 136 valence electrons. The summed E-state index contributed by atoms with van der Waals surface area (Å²) in [5.41, 5.74) is 3.94. The predicted molar refractivity (Wildman–Crippen MR) is 113 cm³/mol. The van der Waals surface area contributed by atoms with E-state index in [1.807, 2.05) is 32.4 Å². The van der Waals surface area contributed by atoms with E-state index < -0.39 is 0 Å². The number of nitrogens with zero attached hydrogens (tertiary/aromatic N) is 3. The molecule has 0 radical (unpaired) electrons. The molecule has 0 saturated carbocycles. The van der Waals surface area contributed by atoms with E-state index in [1.54, 1.807) is 0 Å². The molecule has 1 heterocycles. The van der Waals surface area contributed by atoms with Gasteiger partial charge >= 0.3 is 0 Å². The van der Waals surface area contributed by atoms with E-state index in [-0.39, 0.29) is 0 Å². The summed E-state index contributed by atoms with van der Waals surface area (Å²) < 4.78 is 2.03. The van der Waals surface area contributed by atoms with Crippen molar-refractivity contribution < 1.29 is 0 Å². The highest BCUT2D eigenvalue weighted by molar-refractivity contribution is 8.76. The van der Waals surface area contributed by atoms with E-state index >= 15 is 0 Å². The molecule has 0 aliphatic carbocycles. The predicted octanol–water partition coefficient (Wildman–Crippen LogP) is 4.88. The Morgan fingerprint density at radius 3 is 2.56 bits per heavy atom. The summed E-state index contributed by atoms with van der Waals surface area (Å²) in [4.78, 5) is 12.5. The van der Waals surface area contributed by atoms with Crippen molar-refractivity contribution in [2.45, 2.75) is 26.3 Å². The molecule has 0 atom stereocenters. The van der Waals surface area contributed by atoms with Gasteiger partial charge in [0.15, 0.2) is 0 Å². The molecule has 4 nitrogen and oxygen atoms in total. The average molecular weight is 378 g/mol. The Hall–Kier alpha value is -1.40. The third kappa shape index (κ3) is 7.16. The molecule has 2 aromatic rings. The van der Waals surface area contributed by atoms with Gasteiger partial charge in [0.05, 0.1) is 6.54 Å². The first-order valence-corrected chi connectivity index (χ1v) is 11.2. The molecule has 0 aliphatic rings. The second-order valence-electron chi connectivity index (χ2n) is 5.93. The minimum atomic E-state index is 0.332. The maximum atomic E-state index is 10.2. The highest BCUT2D eigenvalue weighted by Gasteiger charge is 2.03. The zero-order valence-corrected chi connectivity index (χ0v) is 16.7. The van der Waals surface area contributed by atoms with Crippen LogP contribution in [0, 0.1) is 4.91 Å². The lowest BCUT2D eigenvalue weighted by atomic mass is 10.1. The SMILES string of the molecule is CCSSCCN(C)c1ccc(CCc2ccn(CCN=O)c2)cc1. The maximum absolute atomic E-state index is 10.2. The summed E-state index contributed by atoms with van der Waals surface area (Å²) >= 11 is 0. The third-order valence-corrected chi connectivity index (χ3v) is 6.51. The van der Waals surface area contributed by atoms with Crippen molar-refractivity contribution in [3.05, 3.63) is 58.8 Å². The fraction of sp³-hybridized carbons (Fsp3) is 0.474. The molecular weight excluding hydrogens is 350 g/mol. The van der Waals surface area contributed by atoms with Crippen LogP contribution >= 0.6 is 21.6 Å². The van der Waals surface area contributed by atoms with E-state index in [2.05, 4.69) is 60.6 Å². The van der Waals surface area contributed by atoms with Crippen LogP contribution in [0.3, 0.4) is 0 Å². The fourth-order valence-corrected chi connectivity index (χ4v) is 4.30. The van der Waals surface area contributed by atoms with E-state index in [0.29, 0.717) is 13.1 Å². The number of nitroso groups, excluding NO2 is 1. The van der Waals surface area contributed by atoms with Crippen LogP contribution < -0.4 is 4.90 Å². The maximum Gasteiger partial charge on any atom is 0.0989 e. The first-order chi connectivity index (χ1) is 12.2. The van der Waals surface area contributed by atoms with E-state index in [0.717, 1.165) is 25.1 Å². The van der Waals surface area contributed by atoms with E-state index in [4.69, 9.17) is 0 Å². The van der Waals surface area contributed by atoms with Gasteiger partial charge in [-0.15, -0.1) is 0 Å². The summed E-state index contributed by atoms with van der Waals surface area (Å²) in [7, 11) is 6.02. The van der Waals surface area contributed by atoms with Gasteiger partial charge in [-0.1, -0.05) is 45.8 Å². The Morgan fingerprint density at radius 2 is 1.84 bits per heavy atom. The highest BCUT2D eigenvalue weighted by atomic mass is 33.1. The number of hydrogen-bond acceptors (Lipinski definition) is 5. The standard InChI is InChI=1S/C19H27N3OS2/c1-3-24-25-15-14-21(2)19-8-6-17(7-9-19)4-5-18-10-12-22(16-18)13-11-20-23/h6-10,12,16H,3-5,11,13-15H2,1-2H3.